The van der Waals surface area contributed by atoms with E-state index in [4.69, 9.17) is 4.74 Å². The van der Waals surface area contributed by atoms with Crippen LogP contribution in [0.5, 0.6) is 0 Å². The molecule has 0 saturated heterocycles. The minimum atomic E-state index is -0.487. The number of nitro groups is 1. The third-order valence-electron chi connectivity index (χ3n) is 3.70. The highest BCUT2D eigenvalue weighted by Crippen LogP contribution is 2.33. The molecular formula is C19H20N2O5S. The van der Waals surface area contributed by atoms with Crippen LogP contribution in [0.25, 0.3) is 6.08 Å². The van der Waals surface area contributed by atoms with Crippen LogP contribution in [0.15, 0.2) is 30.3 Å². The molecular weight excluding hydrogens is 368 g/mol. The van der Waals surface area contributed by atoms with Gasteiger partial charge in [0, 0.05) is 23.1 Å². The van der Waals surface area contributed by atoms with Crippen LogP contribution in [0.3, 0.4) is 0 Å². The number of nitrogens with zero attached hydrogens (tertiary/aromatic N) is 1. The average molecular weight is 388 g/mol. The fourth-order valence-corrected chi connectivity index (χ4v) is 3.32. The molecule has 0 radical (unpaired) electrons. The second-order valence-corrected chi connectivity index (χ2v) is 7.34. The summed E-state index contributed by atoms with van der Waals surface area (Å²) < 4.78 is 5.26. The Hall–Kier alpha value is -3.00. The van der Waals surface area contributed by atoms with Crippen molar-refractivity contribution in [2.45, 2.75) is 33.8 Å². The lowest BCUT2D eigenvalue weighted by atomic mass is 10.1. The number of carbonyl (C=O) groups is 2. The minimum absolute atomic E-state index is 0.0190. The molecule has 1 N–H and O–H groups in total. The van der Waals surface area contributed by atoms with Crippen molar-refractivity contribution < 1.29 is 19.2 Å². The van der Waals surface area contributed by atoms with Crippen LogP contribution in [0.2, 0.25) is 0 Å². The lowest BCUT2D eigenvalue weighted by Crippen LogP contribution is -2.15. The molecule has 0 fully saturated rings. The van der Waals surface area contributed by atoms with Crippen LogP contribution in [-0.2, 0) is 9.53 Å². The molecule has 0 aliphatic rings. The zero-order valence-electron chi connectivity index (χ0n) is 15.4. The first-order chi connectivity index (χ1) is 12.7. The summed E-state index contributed by atoms with van der Waals surface area (Å²) in [6.45, 7) is 7.20. The van der Waals surface area contributed by atoms with Gasteiger partial charge in [0.15, 0.2) is 0 Å². The Kier molecular flexibility index (Phi) is 6.46. The van der Waals surface area contributed by atoms with Crippen LogP contribution < -0.4 is 5.32 Å². The van der Waals surface area contributed by atoms with Crippen molar-refractivity contribution in [3.8, 4) is 0 Å². The fourth-order valence-electron chi connectivity index (χ4n) is 2.27. The average Bonchev–Trinajstić information content (AvgIpc) is 2.86. The lowest BCUT2D eigenvalue weighted by molar-refractivity contribution is -0.384. The highest BCUT2D eigenvalue weighted by atomic mass is 32.1. The number of hydrogen-bond donors (Lipinski definition) is 1. The van der Waals surface area contributed by atoms with E-state index in [9.17, 15) is 19.7 Å². The minimum Gasteiger partial charge on any atom is -0.459 e. The summed E-state index contributed by atoms with van der Waals surface area (Å²) in [6, 6.07) is 5.83. The molecule has 0 spiro atoms. The number of amides is 1. The first kappa shape index (κ1) is 20.3. The van der Waals surface area contributed by atoms with Gasteiger partial charge in [0.2, 0.25) is 5.91 Å². The topological polar surface area (TPSA) is 98.5 Å². The van der Waals surface area contributed by atoms with Gasteiger partial charge in [0.1, 0.15) is 5.00 Å². The van der Waals surface area contributed by atoms with Gasteiger partial charge in [0.25, 0.3) is 5.69 Å². The standard InChI is InChI=1S/C19H20N2O5S/c1-11(2)26-19(23)17-12(3)13(4)27-18(17)20-16(22)10-7-14-5-8-15(9-6-14)21(24)25/h5-11H,1-4H3,(H,20,22)/b10-7-. The van der Waals surface area contributed by atoms with E-state index in [-0.39, 0.29) is 11.8 Å². The molecule has 0 aliphatic heterocycles. The molecule has 2 rings (SSSR count). The molecule has 2 aromatic rings. The number of nitrogens with one attached hydrogen (secondary N) is 1. The summed E-state index contributed by atoms with van der Waals surface area (Å²) >= 11 is 1.31. The van der Waals surface area contributed by atoms with E-state index in [1.54, 1.807) is 32.1 Å². The Morgan fingerprint density at radius 2 is 1.85 bits per heavy atom. The molecule has 0 saturated carbocycles. The monoisotopic (exact) mass is 388 g/mol. The summed E-state index contributed by atoms with van der Waals surface area (Å²) in [4.78, 5) is 35.6. The second-order valence-electron chi connectivity index (χ2n) is 6.11. The molecule has 0 aliphatic carbocycles. The third-order valence-corrected chi connectivity index (χ3v) is 4.82. The first-order valence-corrected chi connectivity index (χ1v) is 9.05. The van der Waals surface area contributed by atoms with Crippen molar-refractivity contribution in [1.82, 2.24) is 0 Å². The van der Waals surface area contributed by atoms with E-state index in [1.807, 2.05) is 13.8 Å². The van der Waals surface area contributed by atoms with E-state index in [0.29, 0.717) is 16.1 Å². The maximum atomic E-state index is 12.3. The van der Waals surface area contributed by atoms with Gasteiger partial charge in [0.05, 0.1) is 16.6 Å². The van der Waals surface area contributed by atoms with Gasteiger partial charge in [-0.1, -0.05) is 0 Å². The molecule has 0 bridgehead atoms. The number of carbonyl (C=O) groups excluding carboxylic acids is 2. The zero-order chi connectivity index (χ0) is 20.1. The quantitative estimate of drug-likeness (QED) is 0.340. The predicted octanol–water partition coefficient (Wildman–Crippen LogP) is 4.49. The van der Waals surface area contributed by atoms with Gasteiger partial charge >= 0.3 is 5.97 Å². The molecule has 7 nitrogen and oxygen atoms in total. The number of anilines is 1. The van der Waals surface area contributed by atoms with E-state index in [0.717, 1.165) is 10.4 Å². The number of nitro benzene ring substituents is 1. The highest BCUT2D eigenvalue weighted by Gasteiger charge is 2.22. The zero-order valence-corrected chi connectivity index (χ0v) is 16.3. The Balaban J connectivity index is 2.14. The molecule has 142 valence electrons. The number of aryl methyl sites for hydroxylation is 1. The molecule has 1 heterocycles. The van der Waals surface area contributed by atoms with Crippen LogP contribution >= 0.6 is 11.3 Å². The van der Waals surface area contributed by atoms with Gasteiger partial charge in [-0.15, -0.1) is 11.3 Å². The van der Waals surface area contributed by atoms with E-state index in [1.165, 1.54) is 29.5 Å². The lowest BCUT2D eigenvalue weighted by Gasteiger charge is -2.09. The summed E-state index contributed by atoms with van der Waals surface area (Å²) in [5.74, 6) is -0.880. The maximum absolute atomic E-state index is 12.3. The van der Waals surface area contributed by atoms with Crippen LogP contribution in [-0.4, -0.2) is 22.9 Å². The van der Waals surface area contributed by atoms with Gasteiger partial charge in [-0.05, 0) is 57.0 Å². The van der Waals surface area contributed by atoms with Crippen molar-refractivity contribution in [1.29, 1.82) is 0 Å². The summed E-state index contributed by atoms with van der Waals surface area (Å²) in [7, 11) is 0. The Labute approximate surface area is 160 Å². The van der Waals surface area contributed by atoms with Crippen LogP contribution in [0, 0.1) is 24.0 Å². The second kappa shape index (κ2) is 8.59. The van der Waals surface area contributed by atoms with E-state index < -0.39 is 16.8 Å². The number of thiophene rings is 1. The van der Waals surface area contributed by atoms with Crippen molar-refractivity contribution in [2.75, 3.05) is 5.32 Å². The number of esters is 1. The SMILES string of the molecule is Cc1sc(NC(=O)/C=C\c2ccc([N+](=O)[O-])cc2)c(C(=O)OC(C)C)c1C. The highest BCUT2D eigenvalue weighted by molar-refractivity contribution is 7.16. The molecule has 1 aromatic carbocycles. The van der Waals surface area contributed by atoms with Crippen LogP contribution in [0.1, 0.15) is 40.2 Å². The molecule has 1 aromatic heterocycles. The first-order valence-electron chi connectivity index (χ1n) is 8.23. The Bertz CT molecular complexity index is 898. The Morgan fingerprint density at radius 3 is 2.41 bits per heavy atom. The third kappa shape index (κ3) is 5.24. The van der Waals surface area contributed by atoms with Crippen molar-refractivity contribution >= 4 is 40.0 Å². The van der Waals surface area contributed by atoms with Crippen LogP contribution in [0.4, 0.5) is 10.7 Å². The van der Waals surface area contributed by atoms with Gasteiger partial charge in [-0.3, -0.25) is 14.9 Å². The maximum Gasteiger partial charge on any atom is 0.341 e. The molecule has 0 unspecified atom stereocenters. The number of non-ortho nitro benzene ring substituents is 1. The number of hydrogen-bond acceptors (Lipinski definition) is 6. The molecule has 27 heavy (non-hydrogen) atoms. The fraction of sp³-hybridized carbons (Fsp3) is 0.263. The number of ether oxygens (including phenoxy) is 1. The predicted molar refractivity (Wildman–Crippen MR) is 105 cm³/mol. The van der Waals surface area contributed by atoms with Crippen molar-refractivity contribution in [3.63, 3.8) is 0 Å². The molecule has 8 heteroatoms. The van der Waals surface area contributed by atoms with Gasteiger partial charge in [-0.25, -0.2) is 4.79 Å². The molecule has 1 amide bonds. The summed E-state index contributed by atoms with van der Waals surface area (Å²) in [5.41, 5.74) is 1.77. The summed E-state index contributed by atoms with van der Waals surface area (Å²) in [6.07, 6.45) is 2.59. The number of rotatable bonds is 6. The number of benzene rings is 1. The smallest absolute Gasteiger partial charge is 0.341 e. The normalized spacial score (nSPS) is 11.0. The summed E-state index contributed by atoms with van der Waals surface area (Å²) in [5, 5.41) is 13.8. The molecule has 0 atom stereocenters. The van der Waals surface area contributed by atoms with Crippen molar-refractivity contribution in [3.05, 3.63) is 62.0 Å². The Morgan fingerprint density at radius 1 is 1.22 bits per heavy atom. The van der Waals surface area contributed by atoms with E-state index in [2.05, 4.69) is 5.32 Å². The largest absolute Gasteiger partial charge is 0.459 e. The van der Waals surface area contributed by atoms with Crippen molar-refractivity contribution in [2.24, 2.45) is 0 Å². The van der Waals surface area contributed by atoms with Gasteiger partial charge < -0.3 is 10.1 Å². The van der Waals surface area contributed by atoms with E-state index >= 15 is 0 Å². The van der Waals surface area contributed by atoms with Gasteiger partial charge in [-0.2, -0.15) is 0 Å².